The molecule has 0 aliphatic carbocycles. The van der Waals surface area contributed by atoms with Gasteiger partial charge in [-0.1, -0.05) is 29.4 Å². The predicted octanol–water partition coefficient (Wildman–Crippen LogP) is 2.37. The van der Waals surface area contributed by atoms with E-state index in [1.807, 2.05) is 31.2 Å². The van der Waals surface area contributed by atoms with Crippen molar-refractivity contribution in [1.29, 1.82) is 0 Å². The number of rotatable bonds is 4. The van der Waals surface area contributed by atoms with Crippen LogP contribution < -0.4 is 0 Å². The molecule has 0 heterocycles. The minimum absolute atomic E-state index is 0.471. The van der Waals surface area contributed by atoms with E-state index in [1.165, 1.54) is 5.56 Å². The normalized spacial score (nSPS) is 10.0. The molecule has 0 fully saturated rings. The lowest BCUT2D eigenvalue weighted by Gasteiger charge is -1.97. The van der Waals surface area contributed by atoms with Crippen molar-refractivity contribution in [3.8, 4) is 12.3 Å². The van der Waals surface area contributed by atoms with Gasteiger partial charge in [0.15, 0.2) is 0 Å². The van der Waals surface area contributed by atoms with Crippen LogP contribution in [0.5, 0.6) is 0 Å². The summed E-state index contributed by atoms with van der Waals surface area (Å²) in [4.78, 5) is 4.96. The molecule has 0 unspecified atom stereocenters. The molecule has 0 atom stereocenters. The van der Waals surface area contributed by atoms with E-state index in [1.54, 1.807) is 6.21 Å². The first kappa shape index (κ1) is 10.3. The van der Waals surface area contributed by atoms with Crippen molar-refractivity contribution in [2.45, 2.75) is 13.3 Å². The van der Waals surface area contributed by atoms with Crippen LogP contribution in [-0.2, 0) is 4.84 Å². The molecule has 1 rings (SSSR count). The Kier molecular flexibility index (Phi) is 4.30. The molecule has 0 amide bonds. The lowest BCUT2D eigenvalue weighted by molar-refractivity contribution is 0.152. The van der Waals surface area contributed by atoms with Crippen LogP contribution in [0.3, 0.4) is 0 Å². The van der Waals surface area contributed by atoms with Crippen LogP contribution in [-0.4, -0.2) is 12.8 Å². The molecule has 0 bridgehead atoms. The van der Waals surface area contributed by atoms with Crippen molar-refractivity contribution in [2.75, 3.05) is 6.61 Å². The van der Waals surface area contributed by atoms with E-state index < -0.39 is 0 Å². The second-order valence-corrected chi connectivity index (χ2v) is 2.88. The maximum Gasteiger partial charge on any atom is 0.128 e. The summed E-state index contributed by atoms with van der Waals surface area (Å²) in [5, 5.41) is 3.82. The van der Waals surface area contributed by atoms with Crippen molar-refractivity contribution in [1.82, 2.24) is 0 Å². The van der Waals surface area contributed by atoms with Gasteiger partial charge in [0, 0.05) is 6.42 Å². The molecule has 0 saturated carbocycles. The van der Waals surface area contributed by atoms with Gasteiger partial charge >= 0.3 is 0 Å². The first-order valence-corrected chi connectivity index (χ1v) is 4.49. The Balaban J connectivity index is 2.45. The Hall–Kier alpha value is -1.75. The number of oxime groups is 1. The molecule has 0 aliphatic heterocycles. The Morgan fingerprint density at radius 2 is 2.29 bits per heavy atom. The van der Waals surface area contributed by atoms with Gasteiger partial charge in [0.25, 0.3) is 0 Å². The first-order chi connectivity index (χ1) is 6.84. The molecule has 14 heavy (non-hydrogen) atoms. The third kappa shape index (κ3) is 3.32. The maximum absolute atomic E-state index is 5.06. The van der Waals surface area contributed by atoms with Crippen LogP contribution in [0, 0.1) is 19.3 Å². The molecule has 0 aromatic heterocycles. The summed E-state index contributed by atoms with van der Waals surface area (Å²) in [6.45, 7) is 2.50. The average molecular weight is 187 g/mol. The molecule has 1 aromatic rings. The summed E-state index contributed by atoms with van der Waals surface area (Å²) >= 11 is 0. The highest BCUT2D eigenvalue weighted by Gasteiger charge is 1.91. The topological polar surface area (TPSA) is 21.6 Å². The fourth-order valence-electron chi connectivity index (χ4n) is 0.983. The highest BCUT2D eigenvalue weighted by Crippen LogP contribution is 2.03. The lowest BCUT2D eigenvalue weighted by atomic mass is 10.1. The summed E-state index contributed by atoms with van der Waals surface area (Å²) in [7, 11) is 0. The van der Waals surface area contributed by atoms with Crippen LogP contribution in [0.1, 0.15) is 17.5 Å². The molecule has 0 aliphatic rings. The van der Waals surface area contributed by atoms with Crippen LogP contribution in [0.15, 0.2) is 29.4 Å². The quantitative estimate of drug-likeness (QED) is 0.307. The zero-order chi connectivity index (χ0) is 10.2. The van der Waals surface area contributed by atoms with E-state index >= 15 is 0 Å². The Bertz CT molecular complexity index is 350. The monoisotopic (exact) mass is 187 g/mol. The molecular weight excluding hydrogens is 174 g/mol. The standard InChI is InChI=1S/C12H13NO/c1-3-4-9-14-13-10-12-8-6-5-7-11(12)2/h1,5-8,10H,4,9H2,2H3. The summed E-state index contributed by atoms with van der Waals surface area (Å²) < 4.78 is 0. The van der Waals surface area contributed by atoms with Gasteiger partial charge in [-0.25, -0.2) is 0 Å². The van der Waals surface area contributed by atoms with Gasteiger partial charge in [-0.15, -0.1) is 12.3 Å². The Morgan fingerprint density at radius 3 is 3.00 bits per heavy atom. The third-order valence-electron chi connectivity index (χ3n) is 1.79. The van der Waals surface area contributed by atoms with Crippen LogP contribution in [0.2, 0.25) is 0 Å². The Morgan fingerprint density at radius 1 is 1.50 bits per heavy atom. The summed E-state index contributed by atoms with van der Waals surface area (Å²) in [5.41, 5.74) is 2.24. The average Bonchev–Trinajstić information content (AvgIpc) is 2.20. The van der Waals surface area contributed by atoms with Gasteiger partial charge in [0.1, 0.15) is 6.61 Å². The number of benzene rings is 1. The maximum atomic E-state index is 5.06. The van der Waals surface area contributed by atoms with E-state index in [-0.39, 0.29) is 0 Å². The van der Waals surface area contributed by atoms with E-state index in [9.17, 15) is 0 Å². The smallest absolute Gasteiger partial charge is 0.128 e. The van der Waals surface area contributed by atoms with E-state index in [2.05, 4.69) is 11.1 Å². The van der Waals surface area contributed by atoms with Crippen LogP contribution in [0.4, 0.5) is 0 Å². The SMILES string of the molecule is C#CCCON=Cc1ccccc1C. The van der Waals surface area contributed by atoms with Crippen molar-refractivity contribution in [2.24, 2.45) is 5.16 Å². The van der Waals surface area contributed by atoms with Gasteiger partial charge in [-0.3, -0.25) is 0 Å². The van der Waals surface area contributed by atoms with E-state index in [0.29, 0.717) is 13.0 Å². The predicted molar refractivity (Wildman–Crippen MR) is 58.2 cm³/mol. The molecule has 72 valence electrons. The molecule has 0 saturated heterocycles. The zero-order valence-corrected chi connectivity index (χ0v) is 8.23. The zero-order valence-electron chi connectivity index (χ0n) is 8.23. The largest absolute Gasteiger partial charge is 0.395 e. The van der Waals surface area contributed by atoms with Crippen LogP contribution >= 0.6 is 0 Å². The molecule has 2 heteroatoms. The van der Waals surface area contributed by atoms with Crippen molar-refractivity contribution in [3.05, 3.63) is 35.4 Å². The van der Waals surface area contributed by atoms with Gasteiger partial charge in [-0.05, 0) is 18.1 Å². The van der Waals surface area contributed by atoms with Gasteiger partial charge in [0.2, 0.25) is 0 Å². The summed E-state index contributed by atoms with van der Waals surface area (Å²) in [5.74, 6) is 2.48. The highest BCUT2D eigenvalue weighted by atomic mass is 16.6. The van der Waals surface area contributed by atoms with E-state index in [4.69, 9.17) is 11.3 Å². The molecule has 0 spiro atoms. The Labute approximate surface area is 84.6 Å². The third-order valence-corrected chi connectivity index (χ3v) is 1.79. The molecule has 0 radical (unpaired) electrons. The van der Waals surface area contributed by atoms with E-state index in [0.717, 1.165) is 5.56 Å². The van der Waals surface area contributed by atoms with Crippen molar-refractivity contribution >= 4 is 6.21 Å². The number of nitrogens with zero attached hydrogens (tertiary/aromatic N) is 1. The second-order valence-electron chi connectivity index (χ2n) is 2.88. The fourth-order valence-corrected chi connectivity index (χ4v) is 0.983. The lowest BCUT2D eigenvalue weighted by Crippen LogP contribution is -1.89. The molecular formula is C12H13NO. The molecule has 0 N–H and O–H groups in total. The number of hydrogen-bond acceptors (Lipinski definition) is 2. The van der Waals surface area contributed by atoms with Gasteiger partial charge < -0.3 is 4.84 Å². The minimum atomic E-state index is 0.471. The molecule has 1 aromatic carbocycles. The fraction of sp³-hybridized carbons (Fsp3) is 0.250. The number of terminal acetylenes is 1. The number of hydrogen-bond donors (Lipinski definition) is 0. The van der Waals surface area contributed by atoms with Gasteiger partial charge in [0.05, 0.1) is 6.21 Å². The second kappa shape index (κ2) is 5.82. The minimum Gasteiger partial charge on any atom is -0.395 e. The van der Waals surface area contributed by atoms with Crippen LogP contribution in [0.25, 0.3) is 0 Å². The summed E-state index contributed by atoms with van der Waals surface area (Å²) in [6.07, 6.45) is 7.35. The highest BCUT2D eigenvalue weighted by molar-refractivity contribution is 5.80. The molecule has 2 nitrogen and oxygen atoms in total. The first-order valence-electron chi connectivity index (χ1n) is 4.49. The summed E-state index contributed by atoms with van der Waals surface area (Å²) in [6, 6.07) is 7.98. The number of aryl methyl sites for hydroxylation is 1. The van der Waals surface area contributed by atoms with Crippen molar-refractivity contribution < 1.29 is 4.84 Å². The van der Waals surface area contributed by atoms with Gasteiger partial charge in [-0.2, -0.15) is 0 Å². The van der Waals surface area contributed by atoms with Crippen molar-refractivity contribution in [3.63, 3.8) is 0 Å².